The zero-order chi connectivity index (χ0) is 28.4. The number of rotatable bonds is 9. The van der Waals surface area contributed by atoms with E-state index in [9.17, 15) is 9.18 Å². The number of hydrogen-bond acceptors (Lipinski definition) is 6. The Hall–Kier alpha value is -3.40. The summed E-state index contributed by atoms with van der Waals surface area (Å²) in [7, 11) is 1.66. The van der Waals surface area contributed by atoms with Crippen LogP contribution in [0.15, 0.2) is 48.7 Å². The van der Waals surface area contributed by atoms with Crippen molar-refractivity contribution in [3.8, 4) is 11.5 Å². The lowest BCUT2D eigenvalue weighted by Crippen LogP contribution is -2.34. The molecule has 5 rings (SSSR count). The van der Waals surface area contributed by atoms with Gasteiger partial charge in [-0.15, -0.1) is 0 Å². The summed E-state index contributed by atoms with van der Waals surface area (Å²) in [6.45, 7) is 6.61. The van der Waals surface area contributed by atoms with Crippen molar-refractivity contribution in [2.75, 3.05) is 20.2 Å². The Morgan fingerprint density at radius 1 is 1.30 bits per heavy atom. The molecule has 0 unspecified atom stereocenters. The Balaban J connectivity index is 1.28. The molecule has 1 aromatic heterocycles. The molecule has 1 saturated heterocycles. The number of carboxylic acid groups (broad SMARTS) is 1. The minimum Gasteiger partial charge on any atom is -0.478 e. The van der Waals surface area contributed by atoms with Crippen molar-refractivity contribution >= 4 is 23.6 Å². The molecule has 3 heterocycles. The van der Waals surface area contributed by atoms with Crippen LogP contribution in [0.5, 0.6) is 11.5 Å². The van der Waals surface area contributed by atoms with E-state index in [2.05, 4.69) is 16.0 Å². The summed E-state index contributed by atoms with van der Waals surface area (Å²) in [5.74, 6) is -0.365. The maximum Gasteiger partial charge on any atom is 0.328 e. The van der Waals surface area contributed by atoms with E-state index < -0.39 is 17.6 Å². The molecule has 2 atom stereocenters. The number of para-hydroxylation sites is 1. The fourth-order valence-electron chi connectivity index (χ4n) is 5.43. The number of ether oxygens (including phenoxy) is 3. The van der Waals surface area contributed by atoms with Gasteiger partial charge in [-0.2, -0.15) is 0 Å². The fourth-order valence-corrected chi connectivity index (χ4v) is 5.59. The molecule has 10 heteroatoms. The van der Waals surface area contributed by atoms with E-state index in [1.807, 2.05) is 23.6 Å². The topological polar surface area (TPSA) is 86.0 Å². The van der Waals surface area contributed by atoms with Crippen LogP contribution in [0.2, 0.25) is 5.02 Å². The number of fused-ring (bicyclic) bond motifs is 1. The summed E-state index contributed by atoms with van der Waals surface area (Å²) in [6.07, 6.45) is 6.16. The third-order valence-electron chi connectivity index (χ3n) is 7.63. The first-order valence-corrected chi connectivity index (χ1v) is 13.7. The summed E-state index contributed by atoms with van der Waals surface area (Å²) in [4.78, 5) is 18.0. The van der Waals surface area contributed by atoms with Gasteiger partial charge in [-0.25, -0.2) is 14.2 Å². The van der Waals surface area contributed by atoms with E-state index in [1.54, 1.807) is 38.4 Å². The first-order valence-electron chi connectivity index (χ1n) is 13.3. The molecule has 0 radical (unpaired) electrons. The minimum absolute atomic E-state index is 0.0508. The summed E-state index contributed by atoms with van der Waals surface area (Å²) >= 11 is 5.95. The van der Waals surface area contributed by atoms with Gasteiger partial charge in [0.05, 0.1) is 36.6 Å². The van der Waals surface area contributed by atoms with Crippen LogP contribution in [-0.4, -0.2) is 51.8 Å². The highest BCUT2D eigenvalue weighted by molar-refractivity contribution is 6.30. The van der Waals surface area contributed by atoms with Gasteiger partial charge in [-0.1, -0.05) is 23.7 Å². The van der Waals surface area contributed by atoms with E-state index in [0.29, 0.717) is 35.2 Å². The van der Waals surface area contributed by atoms with Crippen molar-refractivity contribution in [1.29, 1.82) is 0 Å². The van der Waals surface area contributed by atoms with E-state index in [1.165, 1.54) is 6.07 Å². The SMILES string of the molecule is CO[C@H](C)Cn1c(/C=C/C(=O)O)cnc1CN1CCC(c2cccc3c2O[C@@](C)(c2ccc(Cl)cc2F)O3)CC1. The quantitative estimate of drug-likeness (QED) is 0.324. The van der Waals surface area contributed by atoms with Crippen LogP contribution in [0.1, 0.15) is 55.3 Å². The van der Waals surface area contributed by atoms with Crippen molar-refractivity contribution in [3.05, 3.63) is 82.2 Å². The number of nitrogens with zero attached hydrogens (tertiary/aromatic N) is 3. The Kier molecular flexibility index (Phi) is 8.16. The number of hydrogen-bond donors (Lipinski definition) is 1. The van der Waals surface area contributed by atoms with Crippen LogP contribution in [0.3, 0.4) is 0 Å². The average Bonchev–Trinajstić information content (AvgIpc) is 3.47. The van der Waals surface area contributed by atoms with Gasteiger partial charge in [0.2, 0.25) is 0 Å². The van der Waals surface area contributed by atoms with Crippen LogP contribution in [0.25, 0.3) is 6.08 Å². The van der Waals surface area contributed by atoms with Crippen molar-refractivity contribution in [3.63, 3.8) is 0 Å². The zero-order valence-electron chi connectivity index (χ0n) is 22.8. The molecule has 1 N–H and O–H groups in total. The first kappa shape index (κ1) is 28.1. The number of likely N-dealkylation sites (tertiary alicyclic amines) is 1. The predicted octanol–water partition coefficient (Wildman–Crippen LogP) is 5.83. The lowest BCUT2D eigenvalue weighted by Gasteiger charge is -2.32. The van der Waals surface area contributed by atoms with Gasteiger partial charge in [0.1, 0.15) is 11.6 Å². The van der Waals surface area contributed by atoms with Gasteiger partial charge >= 0.3 is 5.97 Å². The zero-order valence-corrected chi connectivity index (χ0v) is 23.5. The molecule has 2 aromatic carbocycles. The molecule has 8 nitrogen and oxygen atoms in total. The van der Waals surface area contributed by atoms with Gasteiger partial charge in [0.25, 0.3) is 5.79 Å². The number of halogens is 2. The van der Waals surface area contributed by atoms with Crippen LogP contribution >= 0.6 is 11.6 Å². The van der Waals surface area contributed by atoms with Gasteiger partial charge in [-0.05, 0) is 69.1 Å². The monoisotopic (exact) mass is 569 g/mol. The van der Waals surface area contributed by atoms with E-state index in [-0.39, 0.29) is 12.0 Å². The molecule has 2 aliphatic heterocycles. The van der Waals surface area contributed by atoms with Crippen LogP contribution in [0.4, 0.5) is 4.39 Å². The fraction of sp³-hybridized carbons (Fsp3) is 0.400. The molecule has 0 bridgehead atoms. The third-order valence-corrected chi connectivity index (χ3v) is 7.87. The summed E-state index contributed by atoms with van der Waals surface area (Å²) < 4.78 is 34.7. The highest BCUT2D eigenvalue weighted by Gasteiger charge is 2.43. The smallest absolute Gasteiger partial charge is 0.328 e. The molecule has 0 saturated carbocycles. The van der Waals surface area contributed by atoms with Gasteiger partial charge < -0.3 is 23.9 Å². The number of benzene rings is 2. The molecular formula is C30H33ClFN3O5. The Morgan fingerprint density at radius 3 is 2.77 bits per heavy atom. The number of piperidine rings is 1. The first-order chi connectivity index (χ1) is 19.2. The van der Waals surface area contributed by atoms with Crippen molar-refractivity contribution in [2.45, 2.75) is 57.6 Å². The molecular weight excluding hydrogens is 537 g/mol. The number of aliphatic carboxylic acids is 1. The number of aromatic nitrogens is 2. The second-order valence-electron chi connectivity index (χ2n) is 10.4. The highest BCUT2D eigenvalue weighted by Crippen LogP contribution is 2.49. The van der Waals surface area contributed by atoms with Crippen LogP contribution in [0, 0.1) is 5.82 Å². The number of carbonyl (C=O) groups is 1. The molecule has 0 aliphatic carbocycles. The van der Waals surface area contributed by atoms with E-state index in [0.717, 1.165) is 49.1 Å². The molecule has 212 valence electrons. The predicted molar refractivity (Wildman–Crippen MR) is 149 cm³/mol. The largest absolute Gasteiger partial charge is 0.478 e. The molecule has 3 aromatic rings. The Labute approximate surface area is 237 Å². The average molecular weight is 570 g/mol. The molecule has 2 aliphatic rings. The maximum absolute atomic E-state index is 14.8. The van der Waals surface area contributed by atoms with Gasteiger partial charge in [0.15, 0.2) is 11.5 Å². The maximum atomic E-state index is 14.8. The summed E-state index contributed by atoms with van der Waals surface area (Å²) in [5, 5.41) is 9.38. The summed E-state index contributed by atoms with van der Waals surface area (Å²) in [6, 6.07) is 10.4. The lowest BCUT2D eigenvalue weighted by atomic mass is 9.88. The lowest BCUT2D eigenvalue weighted by molar-refractivity contribution is -0.131. The molecule has 0 amide bonds. The number of imidazole rings is 1. The van der Waals surface area contributed by atoms with E-state index >= 15 is 0 Å². The summed E-state index contributed by atoms with van der Waals surface area (Å²) in [5.41, 5.74) is 2.09. The molecule has 40 heavy (non-hydrogen) atoms. The Morgan fingerprint density at radius 2 is 2.08 bits per heavy atom. The van der Waals surface area contributed by atoms with Crippen LogP contribution < -0.4 is 9.47 Å². The number of carboxylic acids is 1. The van der Waals surface area contributed by atoms with Crippen LogP contribution in [-0.2, 0) is 28.4 Å². The third kappa shape index (κ3) is 5.87. The Bertz CT molecular complexity index is 1420. The molecule has 1 fully saturated rings. The standard InChI is InChI=1S/C30H33ClFN3O5/c1-19(38-3)17-35-22(8-10-28(36)37)16-33-27(35)18-34-13-11-20(12-14-34)23-5-4-6-26-29(23)40-30(2,39-26)24-9-7-21(31)15-25(24)32/h4-10,15-16,19-20H,11-14,17-18H2,1-3H3,(H,36,37)/b10-8+/t19-,30+/m1/s1. The van der Waals surface area contributed by atoms with Crippen molar-refractivity contribution in [1.82, 2.24) is 14.5 Å². The van der Waals surface area contributed by atoms with Crippen molar-refractivity contribution in [2.24, 2.45) is 0 Å². The second kappa shape index (κ2) is 11.6. The minimum atomic E-state index is -1.28. The van der Waals surface area contributed by atoms with Crippen molar-refractivity contribution < 1.29 is 28.5 Å². The normalized spacial score (nSPS) is 20.3. The second-order valence-corrected chi connectivity index (χ2v) is 10.9. The highest BCUT2D eigenvalue weighted by atomic mass is 35.5. The molecule has 0 spiro atoms. The van der Waals surface area contributed by atoms with Gasteiger partial charge in [-0.3, -0.25) is 4.90 Å². The van der Waals surface area contributed by atoms with Gasteiger partial charge in [0, 0.05) is 30.7 Å². The number of methoxy groups -OCH3 is 1. The van der Waals surface area contributed by atoms with E-state index in [4.69, 9.17) is 30.9 Å².